The van der Waals surface area contributed by atoms with Gasteiger partial charge < -0.3 is 21.0 Å². The van der Waals surface area contributed by atoms with Crippen LogP contribution in [0.25, 0.3) is 21.7 Å². The molecule has 0 aliphatic rings. The molecule has 32 heavy (non-hydrogen) atoms. The molecule has 0 atom stereocenters. The Morgan fingerprint density at radius 1 is 1.06 bits per heavy atom. The van der Waals surface area contributed by atoms with Crippen molar-refractivity contribution >= 4 is 39.3 Å². The summed E-state index contributed by atoms with van der Waals surface area (Å²) in [5, 5.41) is 14.3. The Hall–Kier alpha value is -2.80. The molecule has 4 rings (SSSR count). The first-order valence-electron chi connectivity index (χ1n) is 10.3. The van der Waals surface area contributed by atoms with Crippen LogP contribution in [-0.4, -0.2) is 23.6 Å². The van der Waals surface area contributed by atoms with Gasteiger partial charge in [0, 0.05) is 17.5 Å². The quantitative estimate of drug-likeness (QED) is 0.411. The Balaban J connectivity index is 0.00000193. The molecular weight excluding hydrogens is 417 g/mol. The van der Waals surface area contributed by atoms with Gasteiger partial charge in [0.1, 0.15) is 17.1 Å². The van der Waals surface area contributed by atoms with Crippen molar-refractivity contribution in [3.8, 4) is 5.75 Å². The largest absolute Gasteiger partial charge is 1.00 e. The van der Waals surface area contributed by atoms with Gasteiger partial charge in [0.2, 0.25) is 0 Å². The maximum absolute atomic E-state index is 13.2. The summed E-state index contributed by atoms with van der Waals surface area (Å²) in [7, 11) is 0. The van der Waals surface area contributed by atoms with Crippen LogP contribution in [0.5, 0.6) is 5.75 Å². The minimum absolute atomic E-state index is 0. The molecule has 0 unspecified atom stereocenters. The normalized spacial score (nSPS) is 10.7. The fourth-order valence-electron chi connectivity index (χ4n) is 3.59. The van der Waals surface area contributed by atoms with Gasteiger partial charge in [0.05, 0.1) is 5.56 Å². The van der Waals surface area contributed by atoms with E-state index in [1.807, 2.05) is 48.5 Å². The smallest absolute Gasteiger partial charge is 1.00 e. The van der Waals surface area contributed by atoms with E-state index in [1.54, 1.807) is 12.1 Å². The number of aryl methyl sites for hydroxylation is 1. The number of aliphatic carboxylic acids is 1. The number of carboxylic acids is 1. The average Bonchev–Trinajstić information content (AvgIpc) is 3.14. The molecule has 6 nitrogen and oxygen atoms in total. The molecule has 3 aromatic carbocycles. The van der Waals surface area contributed by atoms with Crippen LogP contribution in [0.2, 0.25) is 0 Å². The number of unbranched alkanes of at least 4 members (excludes halogenated alkanes) is 1. The molecule has 4 aromatic rings. The van der Waals surface area contributed by atoms with Gasteiger partial charge in [-0.1, -0.05) is 43.7 Å². The summed E-state index contributed by atoms with van der Waals surface area (Å²) in [6, 6.07) is 18.5. The molecule has 2 N–H and O–H groups in total. The summed E-state index contributed by atoms with van der Waals surface area (Å²) in [5.41, 5.74) is 1.97. The molecule has 0 bridgehead atoms. The van der Waals surface area contributed by atoms with Gasteiger partial charge in [0.15, 0.2) is 6.61 Å². The van der Waals surface area contributed by atoms with E-state index in [0.717, 1.165) is 29.0 Å². The number of para-hydroxylation sites is 1. The van der Waals surface area contributed by atoms with Crippen molar-refractivity contribution in [3.05, 3.63) is 72.0 Å². The van der Waals surface area contributed by atoms with Gasteiger partial charge in [-0.15, -0.1) is 0 Å². The van der Waals surface area contributed by atoms with Crippen LogP contribution in [0.15, 0.2) is 65.1 Å². The summed E-state index contributed by atoms with van der Waals surface area (Å²) in [6.07, 6.45) is 2.67. The third-order valence-electron chi connectivity index (χ3n) is 5.08. The van der Waals surface area contributed by atoms with Crippen LogP contribution >= 0.6 is 0 Å². The predicted molar refractivity (Wildman–Crippen MR) is 121 cm³/mol. The number of hydrogen-bond donors (Lipinski definition) is 2. The van der Waals surface area contributed by atoms with E-state index in [4.69, 9.17) is 14.3 Å². The molecule has 7 heteroatoms. The Kier molecular flexibility index (Phi) is 7.96. The molecular formula is C25H24NNaO5. The first-order chi connectivity index (χ1) is 15.0. The van der Waals surface area contributed by atoms with Crippen molar-refractivity contribution < 1.29 is 54.8 Å². The van der Waals surface area contributed by atoms with E-state index in [9.17, 15) is 9.59 Å². The molecule has 0 fully saturated rings. The fraction of sp³-hybridized carbons (Fsp3) is 0.200. The van der Waals surface area contributed by atoms with Crippen LogP contribution in [0, 0.1) is 0 Å². The first kappa shape index (κ1) is 23.9. The van der Waals surface area contributed by atoms with E-state index < -0.39 is 12.6 Å². The van der Waals surface area contributed by atoms with E-state index in [0.29, 0.717) is 34.8 Å². The summed E-state index contributed by atoms with van der Waals surface area (Å²) >= 11 is 0. The van der Waals surface area contributed by atoms with Crippen molar-refractivity contribution in [2.75, 3.05) is 11.9 Å². The predicted octanol–water partition coefficient (Wildman–Crippen LogP) is 2.76. The zero-order chi connectivity index (χ0) is 21.8. The number of hydrogen-bond acceptors (Lipinski definition) is 4. The minimum atomic E-state index is -1.02. The standard InChI is InChI=1S/C25H23NO5.Na.H/c1-2-3-7-22-24(20-6-4-5-8-21(20)31-22)25(29)26-18-11-9-17-14-19(30-15-23(27)28)12-10-16(17)13-18;;/h4-6,8-14H,2-3,7,15H2,1H3,(H,26,29)(H,27,28);;/q;+1;-1. The number of furan rings is 1. The molecule has 0 aliphatic heterocycles. The zero-order valence-corrected chi connectivity index (χ0v) is 20.2. The molecule has 1 heterocycles. The number of amides is 1. The number of carboxylic acid groups (broad SMARTS) is 1. The van der Waals surface area contributed by atoms with Crippen molar-refractivity contribution in [2.24, 2.45) is 0 Å². The second-order valence-electron chi connectivity index (χ2n) is 7.36. The van der Waals surface area contributed by atoms with Gasteiger partial charge in [-0.3, -0.25) is 4.79 Å². The topological polar surface area (TPSA) is 88.8 Å². The number of carbonyl (C=O) groups excluding carboxylic acids is 1. The average molecular weight is 441 g/mol. The van der Waals surface area contributed by atoms with Gasteiger partial charge in [-0.2, -0.15) is 0 Å². The minimum Gasteiger partial charge on any atom is -1.00 e. The Morgan fingerprint density at radius 2 is 1.81 bits per heavy atom. The monoisotopic (exact) mass is 441 g/mol. The zero-order valence-electron chi connectivity index (χ0n) is 19.2. The number of fused-ring (bicyclic) bond motifs is 2. The summed E-state index contributed by atoms with van der Waals surface area (Å²) in [5.74, 6) is -0.0290. The molecule has 1 aromatic heterocycles. The number of rotatable bonds is 8. The van der Waals surface area contributed by atoms with Gasteiger partial charge >= 0.3 is 35.5 Å². The number of ether oxygens (including phenoxy) is 1. The van der Waals surface area contributed by atoms with Crippen molar-refractivity contribution in [3.63, 3.8) is 0 Å². The molecule has 0 saturated carbocycles. The number of benzene rings is 3. The van der Waals surface area contributed by atoms with Crippen LogP contribution in [0.1, 0.15) is 37.3 Å². The first-order valence-corrected chi connectivity index (χ1v) is 10.3. The van der Waals surface area contributed by atoms with E-state index >= 15 is 0 Å². The van der Waals surface area contributed by atoms with Gasteiger partial charge in [0.25, 0.3) is 5.91 Å². The van der Waals surface area contributed by atoms with E-state index in [-0.39, 0.29) is 36.9 Å². The Bertz CT molecular complexity index is 1270. The van der Waals surface area contributed by atoms with Crippen LogP contribution in [0.4, 0.5) is 5.69 Å². The maximum atomic E-state index is 13.2. The summed E-state index contributed by atoms with van der Waals surface area (Å²) in [6.45, 7) is 1.72. The molecule has 0 spiro atoms. The molecule has 0 aliphatic carbocycles. The van der Waals surface area contributed by atoms with Crippen LogP contribution < -0.4 is 39.6 Å². The number of nitrogens with one attached hydrogen (secondary N) is 1. The SMILES string of the molecule is CCCCc1oc2ccccc2c1C(=O)Nc1ccc2cc(OCC(=O)O)ccc2c1.[H-].[Na+]. The summed E-state index contributed by atoms with van der Waals surface area (Å²) in [4.78, 5) is 23.8. The van der Waals surface area contributed by atoms with E-state index in [1.165, 1.54) is 0 Å². The van der Waals surface area contributed by atoms with Crippen LogP contribution in [-0.2, 0) is 11.2 Å². The van der Waals surface area contributed by atoms with Gasteiger partial charge in [-0.25, -0.2) is 4.79 Å². The second kappa shape index (κ2) is 10.7. The maximum Gasteiger partial charge on any atom is 1.00 e. The number of carbonyl (C=O) groups is 2. The van der Waals surface area contributed by atoms with Crippen molar-refractivity contribution in [1.82, 2.24) is 0 Å². The van der Waals surface area contributed by atoms with E-state index in [2.05, 4.69) is 12.2 Å². The Labute approximate surface area is 209 Å². The van der Waals surface area contributed by atoms with Crippen molar-refractivity contribution in [1.29, 1.82) is 0 Å². The molecule has 0 radical (unpaired) electrons. The molecule has 160 valence electrons. The van der Waals surface area contributed by atoms with Crippen LogP contribution in [0.3, 0.4) is 0 Å². The van der Waals surface area contributed by atoms with Crippen molar-refractivity contribution in [2.45, 2.75) is 26.2 Å². The summed E-state index contributed by atoms with van der Waals surface area (Å²) < 4.78 is 11.2. The molecule has 0 saturated heterocycles. The Morgan fingerprint density at radius 3 is 2.59 bits per heavy atom. The molecule has 1 amide bonds. The van der Waals surface area contributed by atoms with Gasteiger partial charge in [-0.05, 0) is 47.5 Å². The number of anilines is 1. The fourth-order valence-corrected chi connectivity index (χ4v) is 3.59. The second-order valence-corrected chi connectivity index (χ2v) is 7.36. The third kappa shape index (κ3) is 5.33. The third-order valence-corrected chi connectivity index (χ3v) is 5.08.